The number of alkyl halides is 3. The summed E-state index contributed by atoms with van der Waals surface area (Å²) < 4.78 is 46.3. The Hall–Kier alpha value is -3.70. The molecule has 0 aliphatic rings. The summed E-state index contributed by atoms with van der Waals surface area (Å²) in [6, 6.07) is 2.75. The topological polar surface area (TPSA) is 152 Å². The SMILES string of the molecule is COc1ccc(-c2c(C(=O)O)c(N)[nH]c(=O)c2C(=O)O)cc1OC(F)(F)F. The van der Waals surface area contributed by atoms with Crippen molar-refractivity contribution in [3.8, 4) is 22.6 Å². The number of halogens is 3. The third-order valence-corrected chi connectivity index (χ3v) is 3.35. The fourth-order valence-electron chi connectivity index (χ4n) is 2.37. The van der Waals surface area contributed by atoms with E-state index in [1.165, 1.54) is 0 Å². The molecule has 12 heteroatoms. The average molecular weight is 388 g/mol. The number of nitrogens with two attached hydrogens (primary N) is 1. The molecular formula is C15H11F3N2O7. The second-order valence-electron chi connectivity index (χ2n) is 5.02. The van der Waals surface area contributed by atoms with Gasteiger partial charge in [0, 0.05) is 5.56 Å². The molecule has 0 saturated carbocycles. The highest BCUT2D eigenvalue weighted by Gasteiger charge is 2.33. The van der Waals surface area contributed by atoms with E-state index in [2.05, 4.69) is 4.74 Å². The number of nitrogens with one attached hydrogen (secondary N) is 1. The summed E-state index contributed by atoms with van der Waals surface area (Å²) in [5.41, 5.74) is 1.39. The van der Waals surface area contributed by atoms with Crippen LogP contribution in [0.3, 0.4) is 0 Å². The van der Waals surface area contributed by atoms with Gasteiger partial charge in [0.15, 0.2) is 11.5 Å². The van der Waals surface area contributed by atoms with Crippen LogP contribution in [0, 0.1) is 0 Å². The van der Waals surface area contributed by atoms with Gasteiger partial charge in [0.1, 0.15) is 16.9 Å². The van der Waals surface area contributed by atoms with Gasteiger partial charge in [-0.2, -0.15) is 0 Å². The number of aromatic carboxylic acids is 2. The van der Waals surface area contributed by atoms with Crippen molar-refractivity contribution in [2.75, 3.05) is 12.8 Å². The lowest BCUT2D eigenvalue weighted by Crippen LogP contribution is -2.24. The van der Waals surface area contributed by atoms with Gasteiger partial charge in [-0.25, -0.2) is 9.59 Å². The number of rotatable bonds is 5. The molecule has 9 nitrogen and oxygen atoms in total. The maximum atomic E-state index is 12.6. The molecule has 27 heavy (non-hydrogen) atoms. The van der Waals surface area contributed by atoms with E-state index in [0.717, 1.165) is 19.2 Å². The largest absolute Gasteiger partial charge is 0.573 e. The molecule has 1 heterocycles. The molecule has 0 aliphatic carbocycles. The minimum atomic E-state index is -5.11. The Kier molecular flexibility index (Phi) is 5.01. The van der Waals surface area contributed by atoms with Crippen LogP contribution in [0.4, 0.5) is 19.0 Å². The second-order valence-corrected chi connectivity index (χ2v) is 5.02. The Morgan fingerprint density at radius 1 is 1.11 bits per heavy atom. The third kappa shape index (κ3) is 3.94. The number of benzene rings is 1. The van der Waals surface area contributed by atoms with Crippen LogP contribution in [0.1, 0.15) is 20.7 Å². The lowest BCUT2D eigenvalue weighted by Gasteiger charge is -2.16. The van der Waals surface area contributed by atoms with Crippen LogP contribution in [0.15, 0.2) is 23.0 Å². The normalized spacial score (nSPS) is 11.1. The second kappa shape index (κ2) is 6.90. The summed E-state index contributed by atoms with van der Waals surface area (Å²) in [5.74, 6) is -5.39. The number of carboxylic acid groups (broad SMARTS) is 2. The van der Waals surface area contributed by atoms with Gasteiger partial charge in [0.2, 0.25) is 0 Å². The zero-order valence-corrected chi connectivity index (χ0v) is 13.4. The number of hydrogen-bond acceptors (Lipinski definition) is 6. The number of ether oxygens (including phenoxy) is 2. The summed E-state index contributed by atoms with van der Waals surface area (Å²) in [6.07, 6.45) is -5.11. The Bertz CT molecular complexity index is 983. The summed E-state index contributed by atoms with van der Waals surface area (Å²) >= 11 is 0. The van der Waals surface area contributed by atoms with Crippen molar-refractivity contribution in [3.05, 3.63) is 39.7 Å². The van der Waals surface area contributed by atoms with Crippen molar-refractivity contribution in [1.29, 1.82) is 0 Å². The molecule has 0 radical (unpaired) electrons. The predicted molar refractivity (Wildman–Crippen MR) is 84.1 cm³/mol. The van der Waals surface area contributed by atoms with Gasteiger partial charge in [0.05, 0.1) is 7.11 Å². The summed E-state index contributed by atoms with van der Waals surface area (Å²) in [7, 11) is 1.06. The average Bonchev–Trinajstić information content (AvgIpc) is 2.51. The number of carboxylic acids is 2. The van der Waals surface area contributed by atoms with Gasteiger partial charge in [-0.3, -0.25) is 4.79 Å². The minimum Gasteiger partial charge on any atom is -0.493 e. The highest BCUT2D eigenvalue weighted by Crippen LogP contribution is 2.38. The van der Waals surface area contributed by atoms with E-state index < -0.39 is 52.1 Å². The fraction of sp³-hybridized carbons (Fsp3) is 0.133. The van der Waals surface area contributed by atoms with Crippen LogP contribution >= 0.6 is 0 Å². The molecule has 0 aliphatic heterocycles. The Labute approximate surface area is 147 Å². The number of methoxy groups -OCH3 is 1. The van der Waals surface area contributed by atoms with Crippen molar-refractivity contribution in [3.63, 3.8) is 0 Å². The van der Waals surface area contributed by atoms with Crippen LogP contribution in [-0.2, 0) is 0 Å². The van der Waals surface area contributed by atoms with E-state index in [1.54, 1.807) is 0 Å². The predicted octanol–water partition coefficient (Wildman–Crippen LogP) is 1.93. The number of aromatic amines is 1. The molecule has 5 N–H and O–H groups in total. The quantitative estimate of drug-likeness (QED) is 0.606. The Morgan fingerprint density at radius 2 is 1.70 bits per heavy atom. The van der Waals surface area contributed by atoms with Crippen LogP contribution in [0.2, 0.25) is 0 Å². The van der Waals surface area contributed by atoms with Crippen LogP contribution in [0.25, 0.3) is 11.1 Å². The van der Waals surface area contributed by atoms with E-state index in [9.17, 15) is 37.8 Å². The number of hydrogen-bond donors (Lipinski definition) is 4. The van der Waals surface area contributed by atoms with Crippen LogP contribution < -0.4 is 20.8 Å². The monoisotopic (exact) mass is 388 g/mol. The van der Waals surface area contributed by atoms with E-state index >= 15 is 0 Å². The lowest BCUT2D eigenvalue weighted by molar-refractivity contribution is -0.275. The molecule has 2 aromatic rings. The standard InChI is InChI=1S/C15H11F3N2O7/c1-26-6-3-2-5(4-7(6)27-15(16,17)18)8-9(13(22)23)11(19)20-12(21)10(8)14(24)25/h2-4H,1H3,(H,22,23)(H,24,25)(H3,19,20,21). The molecule has 0 bridgehead atoms. The first-order valence-corrected chi connectivity index (χ1v) is 6.92. The smallest absolute Gasteiger partial charge is 0.493 e. The van der Waals surface area contributed by atoms with Crippen molar-refractivity contribution >= 4 is 17.8 Å². The summed E-state index contributed by atoms with van der Waals surface area (Å²) in [5, 5.41) is 18.6. The van der Waals surface area contributed by atoms with Crippen LogP contribution in [-0.4, -0.2) is 40.6 Å². The fourth-order valence-corrected chi connectivity index (χ4v) is 2.37. The first kappa shape index (κ1) is 19.6. The van der Waals surface area contributed by atoms with Gasteiger partial charge >= 0.3 is 18.3 Å². The minimum absolute atomic E-state index is 0.359. The zero-order valence-electron chi connectivity index (χ0n) is 13.4. The molecule has 0 saturated heterocycles. The maximum Gasteiger partial charge on any atom is 0.573 e. The molecule has 0 unspecified atom stereocenters. The maximum absolute atomic E-state index is 12.6. The van der Waals surface area contributed by atoms with Crippen molar-refractivity contribution in [2.45, 2.75) is 6.36 Å². The summed E-state index contributed by atoms with van der Waals surface area (Å²) in [6.45, 7) is 0. The molecule has 1 aromatic carbocycles. The zero-order chi connectivity index (χ0) is 20.5. The van der Waals surface area contributed by atoms with E-state index in [4.69, 9.17) is 10.5 Å². The van der Waals surface area contributed by atoms with E-state index in [-0.39, 0.29) is 11.3 Å². The Balaban J connectivity index is 2.89. The summed E-state index contributed by atoms with van der Waals surface area (Å²) in [4.78, 5) is 36.8. The number of pyridine rings is 1. The van der Waals surface area contributed by atoms with Crippen molar-refractivity contribution in [2.24, 2.45) is 0 Å². The highest BCUT2D eigenvalue weighted by atomic mass is 19.4. The lowest BCUT2D eigenvalue weighted by atomic mass is 9.95. The number of nitrogen functional groups attached to an aromatic ring is 1. The molecule has 1 aromatic heterocycles. The van der Waals surface area contributed by atoms with Gasteiger partial charge in [-0.1, -0.05) is 6.07 Å². The molecule has 0 atom stereocenters. The number of anilines is 1. The molecule has 0 fully saturated rings. The van der Waals surface area contributed by atoms with Crippen molar-refractivity contribution in [1.82, 2.24) is 4.98 Å². The Morgan fingerprint density at radius 3 is 2.19 bits per heavy atom. The number of aromatic nitrogens is 1. The number of carbonyl (C=O) groups is 2. The third-order valence-electron chi connectivity index (χ3n) is 3.35. The number of H-pyrrole nitrogens is 1. The molecule has 0 spiro atoms. The van der Waals surface area contributed by atoms with Crippen molar-refractivity contribution < 1.29 is 42.4 Å². The molecule has 144 valence electrons. The first-order valence-electron chi connectivity index (χ1n) is 6.92. The van der Waals surface area contributed by atoms with Gasteiger partial charge in [-0.15, -0.1) is 13.2 Å². The molecule has 0 amide bonds. The van der Waals surface area contributed by atoms with E-state index in [1.807, 2.05) is 4.98 Å². The van der Waals surface area contributed by atoms with Crippen LogP contribution in [0.5, 0.6) is 11.5 Å². The van der Waals surface area contributed by atoms with Gasteiger partial charge in [0.25, 0.3) is 5.56 Å². The highest BCUT2D eigenvalue weighted by molar-refractivity contribution is 6.07. The first-order chi connectivity index (χ1) is 12.5. The van der Waals surface area contributed by atoms with E-state index in [0.29, 0.717) is 6.07 Å². The molecular weight excluding hydrogens is 377 g/mol. The molecule has 2 rings (SSSR count). The van der Waals surface area contributed by atoms with Gasteiger partial charge < -0.3 is 30.4 Å². The van der Waals surface area contributed by atoms with Gasteiger partial charge in [-0.05, 0) is 17.7 Å².